The molecule has 1 aliphatic carbocycles. The van der Waals surface area contributed by atoms with Crippen molar-refractivity contribution in [2.75, 3.05) is 7.11 Å². The Hall–Kier alpha value is -2.13. The van der Waals surface area contributed by atoms with Gasteiger partial charge in [0, 0.05) is 22.9 Å². The standard InChI is InChI=1S/C17H14ClNO2/c1-21-14-7-6-11-4-5-12(16(20)15(11)10-14)9-13-3-2-8-19-17(13)18/h2-3,6-10H,4-5H2,1H3/b12-9+. The van der Waals surface area contributed by atoms with E-state index in [-0.39, 0.29) is 5.78 Å². The van der Waals surface area contributed by atoms with E-state index in [2.05, 4.69) is 4.98 Å². The number of carbonyl (C=O) groups excluding carboxylic acids is 1. The number of ether oxygens (including phenoxy) is 1. The van der Waals surface area contributed by atoms with E-state index in [0.717, 1.165) is 23.1 Å². The number of aryl methyl sites for hydroxylation is 1. The third-order valence-corrected chi connectivity index (χ3v) is 3.95. The van der Waals surface area contributed by atoms with Crippen LogP contribution in [0.2, 0.25) is 5.15 Å². The summed E-state index contributed by atoms with van der Waals surface area (Å²) >= 11 is 6.05. The van der Waals surface area contributed by atoms with Crippen molar-refractivity contribution >= 4 is 23.5 Å². The first-order chi connectivity index (χ1) is 10.2. The van der Waals surface area contributed by atoms with E-state index in [4.69, 9.17) is 16.3 Å². The molecule has 1 aromatic heterocycles. The van der Waals surface area contributed by atoms with Crippen LogP contribution in [0.5, 0.6) is 5.75 Å². The number of aromatic nitrogens is 1. The summed E-state index contributed by atoms with van der Waals surface area (Å²) in [6.45, 7) is 0. The van der Waals surface area contributed by atoms with Crippen molar-refractivity contribution in [1.82, 2.24) is 4.98 Å². The molecule has 0 fully saturated rings. The van der Waals surface area contributed by atoms with Crippen LogP contribution in [0, 0.1) is 0 Å². The fourth-order valence-electron chi connectivity index (χ4n) is 2.50. The lowest BCUT2D eigenvalue weighted by atomic mass is 9.86. The smallest absolute Gasteiger partial charge is 0.189 e. The summed E-state index contributed by atoms with van der Waals surface area (Å²) in [5.74, 6) is 0.734. The van der Waals surface area contributed by atoms with Gasteiger partial charge < -0.3 is 4.74 Å². The quantitative estimate of drug-likeness (QED) is 0.622. The van der Waals surface area contributed by atoms with Gasteiger partial charge in [0.25, 0.3) is 0 Å². The minimum absolute atomic E-state index is 0.0371. The molecular formula is C17H14ClNO2. The van der Waals surface area contributed by atoms with Crippen LogP contribution in [-0.2, 0) is 6.42 Å². The fraction of sp³-hybridized carbons (Fsp3) is 0.176. The highest BCUT2D eigenvalue weighted by Crippen LogP contribution is 2.30. The van der Waals surface area contributed by atoms with Crippen molar-refractivity contribution in [3.63, 3.8) is 0 Å². The van der Waals surface area contributed by atoms with Gasteiger partial charge in [-0.2, -0.15) is 0 Å². The van der Waals surface area contributed by atoms with Crippen LogP contribution in [-0.4, -0.2) is 17.9 Å². The van der Waals surface area contributed by atoms with Crippen LogP contribution in [0.3, 0.4) is 0 Å². The summed E-state index contributed by atoms with van der Waals surface area (Å²) in [6.07, 6.45) is 5.02. The number of nitrogens with zero attached hydrogens (tertiary/aromatic N) is 1. The van der Waals surface area contributed by atoms with Crippen molar-refractivity contribution in [2.45, 2.75) is 12.8 Å². The molecule has 0 aliphatic heterocycles. The maximum Gasteiger partial charge on any atom is 0.189 e. The van der Waals surface area contributed by atoms with Gasteiger partial charge in [0.2, 0.25) is 0 Å². The highest BCUT2D eigenvalue weighted by Gasteiger charge is 2.22. The molecule has 0 atom stereocenters. The number of pyridine rings is 1. The maximum atomic E-state index is 12.6. The minimum atomic E-state index is 0.0371. The number of carbonyl (C=O) groups is 1. The molecule has 21 heavy (non-hydrogen) atoms. The molecule has 3 rings (SSSR count). The fourth-order valence-corrected chi connectivity index (χ4v) is 2.67. The molecule has 1 aliphatic rings. The first-order valence-electron chi connectivity index (χ1n) is 6.72. The number of halogens is 1. The molecule has 4 heteroatoms. The Kier molecular flexibility index (Phi) is 3.76. The molecule has 2 aromatic rings. The number of allylic oxidation sites excluding steroid dienone is 1. The summed E-state index contributed by atoms with van der Waals surface area (Å²) < 4.78 is 5.20. The van der Waals surface area contributed by atoms with Crippen molar-refractivity contribution < 1.29 is 9.53 Å². The Balaban J connectivity index is 2.00. The molecule has 0 radical (unpaired) electrons. The van der Waals surface area contributed by atoms with Gasteiger partial charge in [0.05, 0.1) is 7.11 Å². The molecular weight excluding hydrogens is 286 g/mol. The lowest BCUT2D eigenvalue weighted by Gasteiger charge is -2.18. The number of hydrogen-bond donors (Lipinski definition) is 0. The number of benzene rings is 1. The zero-order valence-electron chi connectivity index (χ0n) is 11.6. The summed E-state index contributed by atoms with van der Waals surface area (Å²) in [6, 6.07) is 9.31. The van der Waals surface area contributed by atoms with Gasteiger partial charge >= 0.3 is 0 Å². The van der Waals surface area contributed by atoms with Crippen LogP contribution in [0.25, 0.3) is 6.08 Å². The van der Waals surface area contributed by atoms with Gasteiger partial charge in [0.15, 0.2) is 5.78 Å². The van der Waals surface area contributed by atoms with E-state index in [0.29, 0.717) is 22.9 Å². The van der Waals surface area contributed by atoms with E-state index in [9.17, 15) is 4.79 Å². The molecule has 0 N–H and O–H groups in total. The summed E-state index contributed by atoms with van der Waals surface area (Å²) in [4.78, 5) is 16.6. The monoisotopic (exact) mass is 299 g/mol. The average Bonchev–Trinajstić information content (AvgIpc) is 2.52. The highest BCUT2D eigenvalue weighted by molar-refractivity contribution is 6.31. The third kappa shape index (κ3) is 2.69. The van der Waals surface area contributed by atoms with E-state index < -0.39 is 0 Å². The zero-order valence-corrected chi connectivity index (χ0v) is 12.4. The number of methoxy groups -OCH3 is 1. The van der Waals surface area contributed by atoms with E-state index in [1.165, 1.54) is 0 Å². The minimum Gasteiger partial charge on any atom is -0.497 e. The number of fused-ring (bicyclic) bond motifs is 1. The number of ketones is 1. The normalized spacial score (nSPS) is 15.9. The lowest BCUT2D eigenvalue weighted by molar-refractivity contribution is 0.102. The van der Waals surface area contributed by atoms with E-state index in [1.807, 2.05) is 30.3 Å². The van der Waals surface area contributed by atoms with Crippen molar-refractivity contribution in [1.29, 1.82) is 0 Å². The van der Waals surface area contributed by atoms with Crippen LogP contribution in [0.1, 0.15) is 27.9 Å². The van der Waals surface area contributed by atoms with Crippen LogP contribution >= 0.6 is 11.6 Å². The Morgan fingerprint density at radius 3 is 2.90 bits per heavy atom. The van der Waals surface area contributed by atoms with Gasteiger partial charge in [-0.15, -0.1) is 0 Å². The van der Waals surface area contributed by atoms with Crippen molar-refractivity contribution in [3.05, 3.63) is 63.9 Å². The number of hydrogen-bond acceptors (Lipinski definition) is 3. The molecule has 0 amide bonds. The number of Topliss-reactive ketones (excluding diaryl/α,β-unsaturated/α-hetero) is 1. The van der Waals surface area contributed by atoms with Gasteiger partial charge in [0.1, 0.15) is 10.9 Å². The highest BCUT2D eigenvalue weighted by atomic mass is 35.5. The Morgan fingerprint density at radius 2 is 2.14 bits per heavy atom. The molecule has 106 valence electrons. The summed E-state index contributed by atoms with van der Waals surface area (Å²) in [5, 5.41) is 0.411. The Bertz CT molecular complexity index is 737. The Morgan fingerprint density at radius 1 is 1.29 bits per heavy atom. The zero-order chi connectivity index (χ0) is 14.8. The van der Waals surface area contributed by atoms with Crippen LogP contribution in [0.4, 0.5) is 0 Å². The number of rotatable bonds is 2. The molecule has 0 unspecified atom stereocenters. The second-order valence-electron chi connectivity index (χ2n) is 4.91. The molecule has 3 nitrogen and oxygen atoms in total. The molecule has 1 heterocycles. The first kappa shape index (κ1) is 13.8. The Labute approximate surface area is 128 Å². The second kappa shape index (κ2) is 5.70. The molecule has 0 saturated heterocycles. The van der Waals surface area contributed by atoms with Crippen LogP contribution < -0.4 is 4.74 Å². The molecule has 0 bridgehead atoms. The van der Waals surface area contributed by atoms with Gasteiger partial charge in [-0.25, -0.2) is 4.98 Å². The van der Waals surface area contributed by atoms with Gasteiger partial charge in [-0.05, 0) is 42.7 Å². The van der Waals surface area contributed by atoms with Crippen molar-refractivity contribution in [3.8, 4) is 5.75 Å². The van der Waals surface area contributed by atoms with E-state index in [1.54, 1.807) is 19.4 Å². The molecule has 0 spiro atoms. The maximum absolute atomic E-state index is 12.6. The van der Waals surface area contributed by atoms with Crippen LogP contribution in [0.15, 0.2) is 42.1 Å². The average molecular weight is 300 g/mol. The first-order valence-corrected chi connectivity index (χ1v) is 7.09. The predicted molar refractivity (Wildman–Crippen MR) is 82.9 cm³/mol. The SMILES string of the molecule is COc1ccc2c(c1)C(=O)/C(=C/c1cccnc1Cl)CC2. The molecule has 0 saturated carbocycles. The lowest BCUT2D eigenvalue weighted by Crippen LogP contribution is -2.14. The summed E-state index contributed by atoms with van der Waals surface area (Å²) in [7, 11) is 1.60. The summed E-state index contributed by atoms with van der Waals surface area (Å²) in [5.41, 5.74) is 3.31. The van der Waals surface area contributed by atoms with Crippen molar-refractivity contribution in [2.24, 2.45) is 0 Å². The predicted octanol–water partition coefficient (Wildman–Crippen LogP) is 3.96. The van der Waals surface area contributed by atoms with E-state index >= 15 is 0 Å². The largest absolute Gasteiger partial charge is 0.497 e. The topological polar surface area (TPSA) is 39.2 Å². The van der Waals surface area contributed by atoms with Gasteiger partial charge in [-0.3, -0.25) is 4.79 Å². The van der Waals surface area contributed by atoms with Gasteiger partial charge in [-0.1, -0.05) is 23.7 Å². The third-order valence-electron chi connectivity index (χ3n) is 3.63. The second-order valence-corrected chi connectivity index (χ2v) is 5.26. The molecule has 1 aromatic carbocycles.